The summed E-state index contributed by atoms with van der Waals surface area (Å²) in [6, 6.07) is 15.9. The first kappa shape index (κ1) is 17.6. The zero-order valence-electron chi connectivity index (χ0n) is 15.1. The first-order valence-corrected chi connectivity index (χ1v) is 9.56. The fourth-order valence-corrected chi connectivity index (χ4v) is 3.91. The van der Waals surface area contributed by atoms with Crippen molar-refractivity contribution in [1.82, 2.24) is 5.01 Å². The molecule has 0 saturated heterocycles. The number of hydrazone groups is 1. The van der Waals surface area contributed by atoms with E-state index in [1.54, 1.807) is 14.2 Å². The van der Waals surface area contributed by atoms with Gasteiger partial charge in [0.05, 0.1) is 31.7 Å². The third-order valence-corrected chi connectivity index (χ3v) is 5.36. The minimum absolute atomic E-state index is 0.0507. The van der Waals surface area contributed by atoms with Crippen LogP contribution in [0, 0.1) is 0 Å². The maximum absolute atomic E-state index is 11.7. The van der Waals surface area contributed by atoms with Crippen LogP contribution in [-0.2, 0) is 0 Å². The maximum Gasteiger partial charge on any atom is 0.307 e. The summed E-state index contributed by atoms with van der Waals surface area (Å²) >= 11 is 1.20. The predicted octanol–water partition coefficient (Wildman–Crippen LogP) is 4.12. The van der Waals surface area contributed by atoms with Crippen molar-refractivity contribution in [3.05, 3.63) is 59.7 Å². The molecule has 0 aliphatic carbocycles. The van der Waals surface area contributed by atoms with Gasteiger partial charge in [0.15, 0.2) is 11.5 Å². The average Bonchev–Trinajstić information content (AvgIpc) is 3.34. The standard InChI is InChI=1S/C20H19N3O3S/c1-25-17-9-8-14(10-18(17)26-2)16-11-15(13-6-4-3-5-7-13)22-23(16)19-12-27-20(24)21-19/h3-10,16H,11-12H2,1-2H3/t16-/m1/s1. The SMILES string of the molecule is COc1ccc([C@H]2CC(c3ccccc3)=NN2C2=NC(=O)SC2)cc1OC. The molecule has 0 spiro atoms. The molecule has 27 heavy (non-hydrogen) atoms. The number of benzene rings is 2. The van der Waals surface area contributed by atoms with Crippen LogP contribution >= 0.6 is 11.8 Å². The lowest BCUT2D eigenvalue weighted by Crippen LogP contribution is -2.27. The number of methoxy groups -OCH3 is 2. The van der Waals surface area contributed by atoms with Crippen LogP contribution in [0.5, 0.6) is 11.5 Å². The first-order valence-electron chi connectivity index (χ1n) is 8.58. The Labute approximate surface area is 161 Å². The molecule has 0 saturated carbocycles. The molecular formula is C20H19N3O3S. The Balaban J connectivity index is 1.73. The van der Waals surface area contributed by atoms with Crippen LogP contribution in [-0.4, -0.2) is 41.8 Å². The molecule has 6 nitrogen and oxygen atoms in total. The lowest BCUT2D eigenvalue weighted by molar-refractivity contribution is 0.267. The molecule has 2 aromatic carbocycles. The van der Waals surface area contributed by atoms with E-state index in [4.69, 9.17) is 14.6 Å². The van der Waals surface area contributed by atoms with E-state index in [2.05, 4.69) is 4.99 Å². The molecule has 0 fully saturated rings. The summed E-state index contributed by atoms with van der Waals surface area (Å²) in [6.45, 7) is 0. The van der Waals surface area contributed by atoms with Crippen molar-refractivity contribution in [3.63, 3.8) is 0 Å². The summed E-state index contributed by atoms with van der Waals surface area (Å²) in [7, 11) is 3.24. The fourth-order valence-electron chi connectivity index (χ4n) is 3.29. The molecule has 0 aromatic heterocycles. The van der Waals surface area contributed by atoms with Crippen LogP contribution < -0.4 is 9.47 Å². The van der Waals surface area contributed by atoms with Crippen molar-refractivity contribution in [2.24, 2.45) is 10.1 Å². The number of hydrogen-bond donors (Lipinski definition) is 0. The number of carbonyl (C=O) groups excluding carboxylic acids is 1. The van der Waals surface area contributed by atoms with Gasteiger partial charge in [-0.05, 0) is 23.3 Å². The van der Waals surface area contributed by atoms with Gasteiger partial charge < -0.3 is 9.47 Å². The highest BCUT2D eigenvalue weighted by molar-refractivity contribution is 8.14. The number of amides is 1. The highest BCUT2D eigenvalue weighted by Gasteiger charge is 2.34. The molecule has 1 atom stereocenters. The first-order chi connectivity index (χ1) is 13.2. The summed E-state index contributed by atoms with van der Waals surface area (Å²) in [5, 5.41) is 6.52. The molecule has 7 heteroatoms. The second-order valence-electron chi connectivity index (χ2n) is 6.17. The van der Waals surface area contributed by atoms with Crippen molar-refractivity contribution in [3.8, 4) is 11.5 Å². The average molecular weight is 381 g/mol. The molecule has 2 aromatic rings. The second kappa shape index (κ2) is 7.44. The van der Waals surface area contributed by atoms with Gasteiger partial charge in [0, 0.05) is 6.42 Å². The maximum atomic E-state index is 11.7. The third-order valence-electron chi connectivity index (χ3n) is 4.62. The number of hydrogen-bond acceptors (Lipinski definition) is 6. The molecular weight excluding hydrogens is 362 g/mol. The Morgan fingerprint density at radius 3 is 2.52 bits per heavy atom. The minimum Gasteiger partial charge on any atom is -0.493 e. The summed E-state index contributed by atoms with van der Waals surface area (Å²) < 4.78 is 10.8. The Kier molecular flexibility index (Phi) is 4.85. The Morgan fingerprint density at radius 2 is 1.85 bits per heavy atom. The van der Waals surface area contributed by atoms with Crippen molar-refractivity contribution < 1.29 is 14.3 Å². The van der Waals surface area contributed by atoms with Crippen LogP contribution in [0.3, 0.4) is 0 Å². The molecule has 0 bridgehead atoms. The smallest absolute Gasteiger partial charge is 0.307 e. The molecule has 0 N–H and O–H groups in total. The number of aliphatic imine (C=N–C) groups is 1. The van der Waals surface area contributed by atoms with E-state index in [-0.39, 0.29) is 11.3 Å². The van der Waals surface area contributed by atoms with Gasteiger partial charge in [0.25, 0.3) is 0 Å². The number of ether oxygens (including phenoxy) is 2. The number of amidine groups is 1. The Morgan fingerprint density at radius 1 is 1.07 bits per heavy atom. The van der Waals surface area contributed by atoms with Crippen LogP contribution in [0.15, 0.2) is 58.6 Å². The predicted molar refractivity (Wildman–Crippen MR) is 107 cm³/mol. The van der Waals surface area contributed by atoms with Crippen LogP contribution in [0.25, 0.3) is 0 Å². The molecule has 0 radical (unpaired) electrons. The summed E-state index contributed by atoms with van der Waals surface area (Å²) in [4.78, 5) is 15.8. The topological polar surface area (TPSA) is 63.5 Å². The molecule has 1 amide bonds. The Bertz CT molecular complexity index is 927. The van der Waals surface area contributed by atoms with E-state index in [1.165, 1.54) is 11.8 Å². The molecule has 0 unspecified atom stereocenters. The lowest BCUT2D eigenvalue weighted by Gasteiger charge is -2.23. The van der Waals surface area contributed by atoms with Gasteiger partial charge in [-0.1, -0.05) is 48.2 Å². The van der Waals surface area contributed by atoms with Gasteiger partial charge in [-0.3, -0.25) is 4.79 Å². The van der Waals surface area contributed by atoms with Crippen molar-refractivity contribution in [1.29, 1.82) is 0 Å². The van der Waals surface area contributed by atoms with E-state index in [0.29, 0.717) is 23.1 Å². The zero-order chi connectivity index (χ0) is 18.8. The van der Waals surface area contributed by atoms with E-state index in [9.17, 15) is 4.79 Å². The quantitative estimate of drug-likeness (QED) is 0.797. The van der Waals surface area contributed by atoms with Crippen LogP contribution in [0.2, 0.25) is 0 Å². The molecule has 2 aliphatic rings. The number of thioether (sulfide) groups is 1. The van der Waals surface area contributed by atoms with Crippen molar-refractivity contribution in [2.75, 3.05) is 20.0 Å². The lowest BCUT2D eigenvalue weighted by atomic mass is 9.98. The summed E-state index contributed by atoms with van der Waals surface area (Å²) in [6.07, 6.45) is 0.720. The van der Waals surface area contributed by atoms with E-state index < -0.39 is 0 Å². The summed E-state index contributed by atoms with van der Waals surface area (Å²) in [5.74, 6) is 2.57. The number of nitrogens with zero attached hydrogens (tertiary/aromatic N) is 3. The Hall–Kier alpha value is -2.80. The highest BCUT2D eigenvalue weighted by Crippen LogP contribution is 2.38. The molecule has 4 rings (SSSR count). The summed E-state index contributed by atoms with van der Waals surface area (Å²) in [5.41, 5.74) is 3.08. The largest absolute Gasteiger partial charge is 0.493 e. The second-order valence-corrected chi connectivity index (χ2v) is 7.10. The monoisotopic (exact) mass is 381 g/mol. The normalized spacial score (nSPS) is 19.1. The van der Waals surface area contributed by atoms with Gasteiger partial charge in [-0.2, -0.15) is 10.1 Å². The number of rotatable bonds is 4. The van der Waals surface area contributed by atoms with Gasteiger partial charge in [0.2, 0.25) is 0 Å². The molecule has 138 valence electrons. The fraction of sp³-hybridized carbons (Fsp3) is 0.250. The van der Waals surface area contributed by atoms with Gasteiger partial charge >= 0.3 is 5.24 Å². The van der Waals surface area contributed by atoms with E-state index in [1.807, 2.05) is 53.5 Å². The van der Waals surface area contributed by atoms with E-state index in [0.717, 1.165) is 23.3 Å². The van der Waals surface area contributed by atoms with Crippen LogP contribution in [0.4, 0.5) is 4.79 Å². The van der Waals surface area contributed by atoms with Crippen molar-refractivity contribution >= 4 is 28.5 Å². The van der Waals surface area contributed by atoms with E-state index >= 15 is 0 Å². The molecule has 2 heterocycles. The number of carbonyl (C=O) groups is 1. The van der Waals surface area contributed by atoms with Crippen LogP contribution in [0.1, 0.15) is 23.6 Å². The van der Waals surface area contributed by atoms with Gasteiger partial charge in [-0.15, -0.1) is 0 Å². The third kappa shape index (κ3) is 3.42. The molecule has 2 aliphatic heterocycles. The zero-order valence-corrected chi connectivity index (χ0v) is 15.9. The highest BCUT2D eigenvalue weighted by atomic mass is 32.2. The van der Waals surface area contributed by atoms with Crippen molar-refractivity contribution in [2.45, 2.75) is 12.5 Å². The van der Waals surface area contributed by atoms with Gasteiger partial charge in [0.1, 0.15) is 5.84 Å². The van der Waals surface area contributed by atoms with Gasteiger partial charge in [-0.25, -0.2) is 5.01 Å². The minimum atomic E-state index is -0.167.